The molecule has 0 spiro atoms. The van der Waals surface area contributed by atoms with Gasteiger partial charge in [-0.1, -0.05) is 42.1 Å². The molecule has 0 N–H and O–H groups in total. The molecular weight excluding hydrogens is 162 g/mol. The van der Waals surface area contributed by atoms with Gasteiger partial charge in [0, 0.05) is 5.56 Å². The predicted octanol–water partition coefficient (Wildman–Crippen LogP) is 2.61. The molecule has 0 saturated heterocycles. The molecule has 1 rings (SSSR count). The number of benzene rings is 1. The van der Waals surface area contributed by atoms with E-state index in [9.17, 15) is 0 Å². The van der Waals surface area contributed by atoms with E-state index in [2.05, 4.69) is 11.7 Å². The molecule has 68 valence electrons. The zero-order valence-corrected chi connectivity index (χ0v) is 7.73. The highest BCUT2D eigenvalue weighted by atomic mass is 16.6. The van der Waals surface area contributed by atoms with Gasteiger partial charge in [0.1, 0.15) is 12.3 Å². The molecule has 0 heterocycles. The lowest BCUT2D eigenvalue weighted by atomic mass is 10.1. The molecule has 0 aromatic heterocycles. The van der Waals surface area contributed by atoms with Crippen LogP contribution in [-0.4, -0.2) is 12.3 Å². The van der Waals surface area contributed by atoms with Crippen LogP contribution in [0.5, 0.6) is 0 Å². The van der Waals surface area contributed by atoms with Gasteiger partial charge in [-0.05, 0) is 13.0 Å². The Morgan fingerprint density at radius 3 is 2.69 bits per heavy atom. The minimum absolute atomic E-state index is 0.574. The minimum Gasteiger partial charge on any atom is -0.396 e. The lowest BCUT2D eigenvalue weighted by Gasteiger charge is -1.99. The van der Waals surface area contributed by atoms with E-state index in [1.807, 2.05) is 37.3 Å². The number of hydrogen-bond donors (Lipinski definition) is 0. The summed E-state index contributed by atoms with van der Waals surface area (Å²) in [5.41, 5.74) is 1.79. The molecule has 0 aliphatic heterocycles. The zero-order valence-electron chi connectivity index (χ0n) is 7.73. The van der Waals surface area contributed by atoms with Crippen molar-refractivity contribution in [2.75, 3.05) is 6.61 Å². The van der Waals surface area contributed by atoms with Crippen LogP contribution < -0.4 is 0 Å². The number of rotatable bonds is 4. The Hall–Kier alpha value is -1.57. The van der Waals surface area contributed by atoms with Crippen molar-refractivity contribution < 1.29 is 4.84 Å². The number of hydrogen-bond acceptors (Lipinski definition) is 2. The first-order valence-corrected chi connectivity index (χ1v) is 4.26. The second kappa shape index (κ2) is 5.14. The lowest BCUT2D eigenvalue weighted by Crippen LogP contribution is -1.97. The third kappa shape index (κ3) is 2.75. The maximum absolute atomic E-state index is 4.96. The maximum atomic E-state index is 4.96. The highest BCUT2D eigenvalue weighted by Gasteiger charge is 1.96. The van der Waals surface area contributed by atoms with Crippen LogP contribution in [0.2, 0.25) is 0 Å². The van der Waals surface area contributed by atoms with Crippen molar-refractivity contribution in [1.82, 2.24) is 0 Å². The molecule has 0 aliphatic rings. The highest BCUT2D eigenvalue weighted by Crippen LogP contribution is 2.02. The average Bonchev–Trinajstić information content (AvgIpc) is 2.21. The summed E-state index contributed by atoms with van der Waals surface area (Å²) in [6.45, 7) is 6.15. The van der Waals surface area contributed by atoms with Crippen LogP contribution in [0.1, 0.15) is 12.5 Å². The number of allylic oxidation sites excluding steroid dienone is 1. The molecule has 1 aromatic carbocycles. The number of nitrogens with zero attached hydrogens (tertiary/aromatic N) is 1. The summed E-state index contributed by atoms with van der Waals surface area (Å²) in [6, 6.07) is 9.82. The summed E-state index contributed by atoms with van der Waals surface area (Å²) in [7, 11) is 0. The van der Waals surface area contributed by atoms with Crippen LogP contribution in [0.4, 0.5) is 0 Å². The third-order valence-electron chi connectivity index (χ3n) is 1.55. The summed E-state index contributed by atoms with van der Waals surface area (Å²) in [5, 5.41) is 3.93. The Morgan fingerprint density at radius 2 is 2.15 bits per heavy atom. The summed E-state index contributed by atoms with van der Waals surface area (Å²) < 4.78 is 0. The molecule has 1 aromatic rings. The van der Waals surface area contributed by atoms with Gasteiger partial charge in [-0.15, -0.1) is 0 Å². The second-order valence-corrected chi connectivity index (χ2v) is 2.46. The van der Waals surface area contributed by atoms with E-state index < -0.39 is 0 Å². The standard InChI is InChI=1S/C11H13NO/c1-3-11(12-13-4-2)10-8-6-5-7-9-10/h3,5-9H,1,4H2,2H3/b12-11+. The first-order valence-electron chi connectivity index (χ1n) is 4.26. The Morgan fingerprint density at radius 1 is 1.46 bits per heavy atom. The molecule has 13 heavy (non-hydrogen) atoms. The van der Waals surface area contributed by atoms with Gasteiger partial charge >= 0.3 is 0 Å². The molecule has 0 unspecified atom stereocenters. The van der Waals surface area contributed by atoms with Gasteiger partial charge in [0.25, 0.3) is 0 Å². The van der Waals surface area contributed by atoms with Crippen molar-refractivity contribution in [2.24, 2.45) is 5.16 Å². The summed E-state index contributed by atoms with van der Waals surface area (Å²) in [5.74, 6) is 0. The van der Waals surface area contributed by atoms with Crippen molar-refractivity contribution >= 4 is 5.71 Å². The Kier molecular flexibility index (Phi) is 3.76. The molecule has 2 nitrogen and oxygen atoms in total. The third-order valence-corrected chi connectivity index (χ3v) is 1.55. The van der Waals surface area contributed by atoms with Crippen molar-refractivity contribution in [3.63, 3.8) is 0 Å². The summed E-state index contributed by atoms with van der Waals surface area (Å²) >= 11 is 0. The molecule has 0 amide bonds. The van der Waals surface area contributed by atoms with Crippen LogP contribution in [0, 0.1) is 0 Å². The van der Waals surface area contributed by atoms with E-state index in [-0.39, 0.29) is 0 Å². The second-order valence-electron chi connectivity index (χ2n) is 2.46. The Labute approximate surface area is 78.5 Å². The molecule has 2 heteroatoms. The average molecular weight is 175 g/mol. The van der Waals surface area contributed by atoms with E-state index in [0.717, 1.165) is 11.3 Å². The SMILES string of the molecule is C=C/C(=N\OCC)c1ccccc1. The normalized spacial score (nSPS) is 11.0. The predicted molar refractivity (Wildman–Crippen MR) is 54.8 cm³/mol. The minimum atomic E-state index is 0.574. The van der Waals surface area contributed by atoms with Gasteiger partial charge < -0.3 is 4.84 Å². The largest absolute Gasteiger partial charge is 0.396 e. The van der Waals surface area contributed by atoms with Gasteiger partial charge in [0.05, 0.1) is 0 Å². The first kappa shape index (κ1) is 9.52. The molecule has 0 bridgehead atoms. The highest BCUT2D eigenvalue weighted by molar-refractivity contribution is 6.07. The lowest BCUT2D eigenvalue weighted by molar-refractivity contribution is 0.159. The van der Waals surface area contributed by atoms with E-state index in [1.165, 1.54) is 0 Å². The molecule has 0 aliphatic carbocycles. The summed E-state index contributed by atoms with van der Waals surface area (Å²) in [4.78, 5) is 4.96. The van der Waals surface area contributed by atoms with Gasteiger partial charge in [0.15, 0.2) is 0 Å². The zero-order chi connectivity index (χ0) is 9.52. The Balaban J connectivity index is 2.84. The molecule has 0 atom stereocenters. The van der Waals surface area contributed by atoms with E-state index in [4.69, 9.17) is 4.84 Å². The van der Waals surface area contributed by atoms with Gasteiger partial charge in [-0.2, -0.15) is 0 Å². The fraction of sp³-hybridized carbons (Fsp3) is 0.182. The van der Waals surface area contributed by atoms with Crippen LogP contribution >= 0.6 is 0 Å². The van der Waals surface area contributed by atoms with Crippen LogP contribution in [-0.2, 0) is 4.84 Å². The van der Waals surface area contributed by atoms with Crippen LogP contribution in [0.15, 0.2) is 48.1 Å². The van der Waals surface area contributed by atoms with Crippen molar-refractivity contribution in [2.45, 2.75) is 6.92 Å². The van der Waals surface area contributed by atoms with Gasteiger partial charge in [-0.3, -0.25) is 0 Å². The van der Waals surface area contributed by atoms with Crippen LogP contribution in [0.3, 0.4) is 0 Å². The monoisotopic (exact) mass is 175 g/mol. The first-order chi connectivity index (χ1) is 6.38. The fourth-order valence-corrected chi connectivity index (χ4v) is 0.951. The quantitative estimate of drug-likeness (QED) is 0.509. The van der Waals surface area contributed by atoms with Crippen molar-refractivity contribution in [3.8, 4) is 0 Å². The van der Waals surface area contributed by atoms with Gasteiger partial charge in [-0.25, -0.2) is 0 Å². The van der Waals surface area contributed by atoms with E-state index >= 15 is 0 Å². The van der Waals surface area contributed by atoms with Gasteiger partial charge in [0.2, 0.25) is 0 Å². The molecule has 0 fully saturated rings. The fourth-order valence-electron chi connectivity index (χ4n) is 0.951. The topological polar surface area (TPSA) is 21.6 Å². The molecule has 0 saturated carbocycles. The smallest absolute Gasteiger partial charge is 0.114 e. The van der Waals surface area contributed by atoms with E-state index in [1.54, 1.807) is 6.08 Å². The van der Waals surface area contributed by atoms with Crippen molar-refractivity contribution in [3.05, 3.63) is 48.6 Å². The summed E-state index contributed by atoms with van der Waals surface area (Å²) in [6.07, 6.45) is 1.69. The van der Waals surface area contributed by atoms with Crippen LogP contribution in [0.25, 0.3) is 0 Å². The van der Waals surface area contributed by atoms with Crippen molar-refractivity contribution in [1.29, 1.82) is 0 Å². The Bertz CT molecular complexity index is 290. The molecule has 0 radical (unpaired) electrons. The maximum Gasteiger partial charge on any atom is 0.114 e. The van der Waals surface area contributed by atoms with E-state index in [0.29, 0.717) is 6.61 Å². The number of oxime groups is 1. The molecular formula is C11H13NO.